The van der Waals surface area contributed by atoms with Gasteiger partial charge >= 0.3 is 0 Å². The molecule has 106 valence electrons. The van der Waals surface area contributed by atoms with E-state index in [4.69, 9.17) is 5.11 Å². The van der Waals surface area contributed by atoms with Crippen molar-refractivity contribution in [3.05, 3.63) is 30.6 Å². The van der Waals surface area contributed by atoms with Crippen LogP contribution in [0.25, 0.3) is 11.0 Å². The van der Waals surface area contributed by atoms with Gasteiger partial charge in [0.05, 0.1) is 24.0 Å². The lowest BCUT2D eigenvalue weighted by atomic mass is 9.91. The molecule has 3 rings (SSSR count). The number of aromatic nitrogens is 2. The van der Waals surface area contributed by atoms with Gasteiger partial charge < -0.3 is 14.6 Å². The van der Waals surface area contributed by atoms with Crippen molar-refractivity contribution in [1.29, 1.82) is 0 Å². The zero-order valence-corrected chi connectivity index (χ0v) is 11.4. The van der Waals surface area contributed by atoms with Gasteiger partial charge in [-0.1, -0.05) is 12.1 Å². The van der Waals surface area contributed by atoms with E-state index in [1.165, 1.54) is 6.42 Å². The van der Waals surface area contributed by atoms with E-state index < -0.39 is 0 Å². The van der Waals surface area contributed by atoms with Crippen molar-refractivity contribution in [1.82, 2.24) is 14.5 Å². The Morgan fingerprint density at radius 1 is 1.40 bits per heavy atom. The monoisotopic (exact) mass is 273 g/mol. The molecule has 1 saturated carbocycles. The van der Waals surface area contributed by atoms with Crippen LogP contribution in [0.5, 0.6) is 0 Å². The Bertz CT molecular complexity index is 604. The van der Waals surface area contributed by atoms with E-state index in [-0.39, 0.29) is 19.1 Å². The number of hydrogen-bond acceptors (Lipinski definition) is 3. The average molecular weight is 273 g/mol. The minimum Gasteiger partial charge on any atom is -0.395 e. The topological polar surface area (TPSA) is 58.4 Å². The molecule has 1 aromatic carbocycles. The Labute approximate surface area is 117 Å². The second kappa shape index (κ2) is 5.63. The first-order valence-corrected chi connectivity index (χ1v) is 7.10. The molecule has 1 aliphatic rings. The second-order valence-corrected chi connectivity index (χ2v) is 5.26. The summed E-state index contributed by atoms with van der Waals surface area (Å²) in [5.41, 5.74) is 1.87. The standard InChI is InChI=1S/C15H19N3O2/c19-9-8-18(12-4-3-5-12)15(20)10-17-11-16-13-6-1-2-7-14(13)17/h1-2,6-7,11-12,19H,3-5,8-10H2. The Hall–Kier alpha value is -1.88. The first kappa shape index (κ1) is 13.1. The van der Waals surface area contributed by atoms with Crippen LogP contribution in [0, 0.1) is 0 Å². The maximum atomic E-state index is 12.4. The van der Waals surface area contributed by atoms with Crippen molar-refractivity contribution >= 4 is 16.9 Å². The van der Waals surface area contributed by atoms with Crippen molar-refractivity contribution < 1.29 is 9.90 Å². The molecule has 1 N–H and O–H groups in total. The molecule has 1 aliphatic carbocycles. The van der Waals surface area contributed by atoms with Crippen molar-refractivity contribution in [2.45, 2.75) is 31.8 Å². The molecular weight excluding hydrogens is 254 g/mol. The van der Waals surface area contributed by atoms with Gasteiger partial charge in [0, 0.05) is 12.6 Å². The van der Waals surface area contributed by atoms with Crippen LogP contribution in [-0.2, 0) is 11.3 Å². The highest BCUT2D eigenvalue weighted by Crippen LogP contribution is 2.25. The molecule has 0 spiro atoms. The van der Waals surface area contributed by atoms with Gasteiger partial charge in [-0.2, -0.15) is 0 Å². The van der Waals surface area contributed by atoms with Crippen LogP contribution in [0.2, 0.25) is 0 Å². The van der Waals surface area contributed by atoms with E-state index >= 15 is 0 Å². The Balaban J connectivity index is 1.76. The summed E-state index contributed by atoms with van der Waals surface area (Å²) in [7, 11) is 0. The summed E-state index contributed by atoms with van der Waals surface area (Å²) in [6.45, 7) is 0.736. The third-order valence-electron chi connectivity index (χ3n) is 4.01. The lowest BCUT2D eigenvalue weighted by molar-refractivity contribution is -0.136. The summed E-state index contributed by atoms with van der Waals surface area (Å²) >= 11 is 0. The summed E-state index contributed by atoms with van der Waals surface area (Å²) < 4.78 is 1.88. The van der Waals surface area contributed by atoms with Gasteiger partial charge in [0.25, 0.3) is 0 Å². The maximum absolute atomic E-state index is 12.4. The number of rotatable bonds is 5. The summed E-state index contributed by atoms with van der Waals surface area (Å²) in [5.74, 6) is 0.0619. The minimum absolute atomic E-state index is 0.0208. The lowest BCUT2D eigenvalue weighted by Gasteiger charge is -2.37. The molecule has 0 radical (unpaired) electrons. The van der Waals surface area contributed by atoms with E-state index in [1.54, 1.807) is 6.33 Å². The van der Waals surface area contributed by atoms with Gasteiger partial charge in [-0.05, 0) is 31.4 Å². The van der Waals surface area contributed by atoms with Gasteiger partial charge in [0.1, 0.15) is 6.54 Å². The van der Waals surface area contributed by atoms with Gasteiger partial charge in [-0.15, -0.1) is 0 Å². The van der Waals surface area contributed by atoms with Crippen molar-refractivity contribution in [2.24, 2.45) is 0 Å². The fourth-order valence-corrected chi connectivity index (χ4v) is 2.69. The first-order chi connectivity index (χ1) is 9.79. The summed E-state index contributed by atoms with van der Waals surface area (Å²) in [4.78, 5) is 18.6. The van der Waals surface area contributed by atoms with Crippen molar-refractivity contribution in [2.75, 3.05) is 13.2 Å². The molecule has 1 amide bonds. The van der Waals surface area contributed by atoms with E-state index in [2.05, 4.69) is 4.98 Å². The van der Waals surface area contributed by atoms with Gasteiger partial charge in [0.2, 0.25) is 5.91 Å². The normalized spacial score (nSPS) is 15.2. The third-order valence-corrected chi connectivity index (χ3v) is 4.01. The molecular formula is C15H19N3O2. The highest BCUT2D eigenvalue weighted by molar-refractivity contribution is 5.80. The summed E-state index contributed by atoms with van der Waals surface area (Å²) in [5, 5.41) is 9.14. The van der Waals surface area contributed by atoms with Gasteiger partial charge in [-0.3, -0.25) is 4.79 Å². The first-order valence-electron chi connectivity index (χ1n) is 7.10. The average Bonchev–Trinajstić information content (AvgIpc) is 2.80. The molecule has 2 aromatic rings. The molecule has 1 fully saturated rings. The van der Waals surface area contributed by atoms with Crippen LogP contribution in [0.1, 0.15) is 19.3 Å². The Kier molecular flexibility index (Phi) is 3.69. The number of fused-ring (bicyclic) bond motifs is 1. The smallest absolute Gasteiger partial charge is 0.242 e. The maximum Gasteiger partial charge on any atom is 0.242 e. The zero-order valence-electron chi connectivity index (χ0n) is 11.4. The zero-order chi connectivity index (χ0) is 13.9. The minimum atomic E-state index is 0.0208. The van der Waals surface area contributed by atoms with Crippen LogP contribution in [0.3, 0.4) is 0 Å². The predicted octanol–water partition coefficient (Wildman–Crippen LogP) is 1.41. The van der Waals surface area contributed by atoms with Crippen LogP contribution < -0.4 is 0 Å². The summed E-state index contributed by atoms with van der Waals surface area (Å²) in [6.07, 6.45) is 4.99. The number of carbonyl (C=O) groups is 1. The Morgan fingerprint density at radius 3 is 2.90 bits per heavy atom. The quantitative estimate of drug-likeness (QED) is 0.896. The number of amides is 1. The number of nitrogens with zero attached hydrogens (tertiary/aromatic N) is 3. The molecule has 1 heterocycles. The fraction of sp³-hybridized carbons (Fsp3) is 0.467. The molecule has 0 saturated heterocycles. The lowest BCUT2D eigenvalue weighted by Crippen LogP contribution is -2.46. The van der Waals surface area contributed by atoms with Crippen molar-refractivity contribution in [3.8, 4) is 0 Å². The Morgan fingerprint density at radius 2 is 2.20 bits per heavy atom. The van der Waals surface area contributed by atoms with Gasteiger partial charge in [0.15, 0.2) is 0 Å². The van der Waals surface area contributed by atoms with E-state index in [1.807, 2.05) is 33.7 Å². The molecule has 20 heavy (non-hydrogen) atoms. The van der Waals surface area contributed by atoms with E-state index in [0.29, 0.717) is 12.6 Å². The van der Waals surface area contributed by atoms with Crippen LogP contribution in [0.4, 0.5) is 0 Å². The molecule has 0 unspecified atom stereocenters. The largest absolute Gasteiger partial charge is 0.395 e. The molecule has 0 bridgehead atoms. The number of hydrogen-bond donors (Lipinski definition) is 1. The highest BCUT2D eigenvalue weighted by Gasteiger charge is 2.28. The number of para-hydroxylation sites is 2. The predicted molar refractivity (Wildman–Crippen MR) is 76.2 cm³/mol. The number of imidazole rings is 1. The highest BCUT2D eigenvalue weighted by atomic mass is 16.3. The molecule has 5 nitrogen and oxygen atoms in total. The number of aliphatic hydroxyl groups is 1. The molecule has 5 heteroatoms. The third kappa shape index (κ3) is 2.41. The number of carbonyl (C=O) groups excluding carboxylic acids is 1. The molecule has 0 aliphatic heterocycles. The number of aliphatic hydroxyl groups excluding tert-OH is 1. The fourth-order valence-electron chi connectivity index (χ4n) is 2.69. The van der Waals surface area contributed by atoms with Crippen LogP contribution in [0.15, 0.2) is 30.6 Å². The van der Waals surface area contributed by atoms with Gasteiger partial charge in [-0.25, -0.2) is 4.98 Å². The van der Waals surface area contributed by atoms with E-state index in [9.17, 15) is 4.79 Å². The SMILES string of the molecule is O=C(Cn1cnc2ccccc21)N(CCO)C1CCC1. The second-order valence-electron chi connectivity index (χ2n) is 5.26. The van der Waals surface area contributed by atoms with Crippen LogP contribution >= 0.6 is 0 Å². The van der Waals surface area contributed by atoms with E-state index in [0.717, 1.165) is 23.9 Å². The van der Waals surface area contributed by atoms with Crippen molar-refractivity contribution in [3.63, 3.8) is 0 Å². The van der Waals surface area contributed by atoms with Crippen LogP contribution in [-0.4, -0.2) is 44.7 Å². The number of benzene rings is 1. The molecule has 1 aromatic heterocycles. The molecule has 0 atom stereocenters. The summed E-state index contributed by atoms with van der Waals surface area (Å²) in [6, 6.07) is 8.10.